The number of hydrogen-bond acceptors (Lipinski definition) is 2. The molecule has 120 valence electrons. The van der Waals surface area contributed by atoms with Crippen molar-refractivity contribution in [1.82, 2.24) is 5.32 Å². The number of nitrogens with one attached hydrogen (secondary N) is 1. The number of amides is 1. The normalized spacial score (nSPS) is 11.0. The number of carbonyl (C=O) groups is 1. The number of carbonyl (C=O) groups excluding carboxylic acids is 1. The highest BCUT2D eigenvalue weighted by molar-refractivity contribution is 6.32. The average molecular weight is 330 g/mol. The molecule has 23 heavy (non-hydrogen) atoms. The van der Waals surface area contributed by atoms with Crippen LogP contribution in [0.2, 0.25) is 5.02 Å². The Kier molecular flexibility index (Phi) is 6.24. The molecule has 1 N–H and O–H groups in total. The molecule has 4 heteroatoms. The Bertz CT molecular complexity index is 695. The summed E-state index contributed by atoms with van der Waals surface area (Å²) in [5.74, 6) is 0.637. The zero-order valence-electron chi connectivity index (χ0n) is 13.3. The molecule has 0 aliphatic rings. The largest absolute Gasteiger partial charge is 0.491 e. The van der Waals surface area contributed by atoms with E-state index in [0.717, 1.165) is 16.9 Å². The second-order valence-electron chi connectivity index (χ2n) is 5.39. The summed E-state index contributed by atoms with van der Waals surface area (Å²) in [6, 6.07) is 15.1. The minimum atomic E-state index is -0.167. The van der Waals surface area contributed by atoms with E-state index in [1.807, 2.05) is 56.3 Å². The van der Waals surface area contributed by atoms with Crippen LogP contribution in [0.25, 0.3) is 6.08 Å². The van der Waals surface area contributed by atoms with Gasteiger partial charge in [-0.05, 0) is 49.2 Å². The Morgan fingerprint density at radius 1 is 1.22 bits per heavy atom. The van der Waals surface area contributed by atoms with Gasteiger partial charge in [-0.15, -0.1) is 0 Å². The van der Waals surface area contributed by atoms with Gasteiger partial charge in [-0.2, -0.15) is 0 Å². The van der Waals surface area contributed by atoms with Crippen LogP contribution in [0.3, 0.4) is 0 Å². The summed E-state index contributed by atoms with van der Waals surface area (Å²) in [5.41, 5.74) is 1.80. The van der Waals surface area contributed by atoms with E-state index in [0.29, 0.717) is 11.6 Å². The van der Waals surface area contributed by atoms with E-state index < -0.39 is 0 Å². The van der Waals surface area contributed by atoms with Gasteiger partial charge in [-0.25, -0.2) is 0 Å². The Morgan fingerprint density at radius 3 is 2.74 bits per heavy atom. The molecule has 0 aromatic heterocycles. The predicted molar refractivity (Wildman–Crippen MR) is 94.5 cm³/mol. The van der Waals surface area contributed by atoms with E-state index in [2.05, 4.69) is 5.32 Å². The van der Waals surface area contributed by atoms with Gasteiger partial charge in [0.2, 0.25) is 5.91 Å². The highest BCUT2D eigenvalue weighted by atomic mass is 35.5. The molecular weight excluding hydrogens is 310 g/mol. The van der Waals surface area contributed by atoms with Crippen molar-refractivity contribution in [1.29, 1.82) is 0 Å². The van der Waals surface area contributed by atoms with E-state index in [4.69, 9.17) is 16.3 Å². The van der Waals surface area contributed by atoms with Crippen LogP contribution in [0.15, 0.2) is 54.6 Å². The van der Waals surface area contributed by atoms with Crippen LogP contribution in [0.4, 0.5) is 0 Å². The van der Waals surface area contributed by atoms with E-state index in [1.54, 1.807) is 12.1 Å². The lowest BCUT2D eigenvalue weighted by molar-refractivity contribution is -0.116. The van der Waals surface area contributed by atoms with Gasteiger partial charge >= 0.3 is 0 Å². The van der Waals surface area contributed by atoms with Crippen LogP contribution in [0.5, 0.6) is 5.75 Å². The predicted octanol–water partition coefficient (Wildman–Crippen LogP) is 4.46. The molecule has 3 nitrogen and oxygen atoms in total. The lowest BCUT2D eigenvalue weighted by atomic mass is 10.2. The van der Waals surface area contributed by atoms with Gasteiger partial charge in [0.25, 0.3) is 0 Å². The van der Waals surface area contributed by atoms with Gasteiger partial charge in [-0.1, -0.05) is 41.9 Å². The molecule has 0 atom stereocenters. The summed E-state index contributed by atoms with van der Waals surface area (Å²) in [7, 11) is 0. The Morgan fingerprint density at radius 2 is 2.00 bits per heavy atom. The maximum atomic E-state index is 11.9. The van der Waals surface area contributed by atoms with Gasteiger partial charge in [0.15, 0.2) is 0 Å². The first-order chi connectivity index (χ1) is 11.0. The summed E-state index contributed by atoms with van der Waals surface area (Å²) in [6.07, 6.45) is 3.31. The van der Waals surface area contributed by atoms with Crippen LogP contribution < -0.4 is 10.1 Å². The molecular formula is C19H20ClNO2. The van der Waals surface area contributed by atoms with Crippen LogP contribution in [-0.4, -0.2) is 12.0 Å². The van der Waals surface area contributed by atoms with Crippen molar-refractivity contribution in [2.75, 3.05) is 0 Å². The van der Waals surface area contributed by atoms with E-state index in [9.17, 15) is 4.79 Å². The molecule has 0 saturated carbocycles. The van der Waals surface area contributed by atoms with Gasteiger partial charge in [0.1, 0.15) is 5.75 Å². The molecule has 0 heterocycles. The second-order valence-corrected chi connectivity index (χ2v) is 5.79. The van der Waals surface area contributed by atoms with Crippen LogP contribution in [-0.2, 0) is 11.3 Å². The first kappa shape index (κ1) is 17.1. The van der Waals surface area contributed by atoms with Crippen molar-refractivity contribution < 1.29 is 9.53 Å². The molecule has 2 aromatic carbocycles. The minimum Gasteiger partial charge on any atom is -0.491 e. The van der Waals surface area contributed by atoms with Crippen molar-refractivity contribution in [3.63, 3.8) is 0 Å². The first-order valence-corrected chi connectivity index (χ1v) is 7.88. The smallest absolute Gasteiger partial charge is 0.244 e. The van der Waals surface area contributed by atoms with E-state index >= 15 is 0 Å². The molecule has 0 fully saturated rings. The van der Waals surface area contributed by atoms with Crippen molar-refractivity contribution in [2.24, 2.45) is 0 Å². The van der Waals surface area contributed by atoms with Crippen molar-refractivity contribution in [3.8, 4) is 5.75 Å². The summed E-state index contributed by atoms with van der Waals surface area (Å²) in [6.45, 7) is 4.41. The van der Waals surface area contributed by atoms with Crippen LogP contribution in [0, 0.1) is 0 Å². The Balaban J connectivity index is 1.90. The third-order valence-electron chi connectivity index (χ3n) is 3.06. The summed E-state index contributed by atoms with van der Waals surface area (Å²) in [5, 5.41) is 3.47. The summed E-state index contributed by atoms with van der Waals surface area (Å²) < 4.78 is 5.64. The van der Waals surface area contributed by atoms with Crippen LogP contribution >= 0.6 is 11.6 Å². The monoisotopic (exact) mass is 329 g/mol. The van der Waals surface area contributed by atoms with Gasteiger partial charge in [-0.3, -0.25) is 4.79 Å². The number of halogens is 1. The lowest BCUT2D eigenvalue weighted by Gasteiger charge is -2.11. The molecule has 0 bridgehead atoms. The molecule has 2 aromatic rings. The van der Waals surface area contributed by atoms with Crippen molar-refractivity contribution >= 4 is 23.6 Å². The highest BCUT2D eigenvalue weighted by Gasteiger charge is 2.01. The maximum absolute atomic E-state index is 11.9. The van der Waals surface area contributed by atoms with E-state index in [1.165, 1.54) is 6.08 Å². The molecule has 0 spiro atoms. The fraction of sp³-hybridized carbons (Fsp3) is 0.211. The molecule has 2 rings (SSSR count). The summed E-state index contributed by atoms with van der Waals surface area (Å²) >= 11 is 6.04. The zero-order chi connectivity index (χ0) is 16.7. The topological polar surface area (TPSA) is 38.3 Å². The zero-order valence-corrected chi connectivity index (χ0v) is 14.0. The van der Waals surface area contributed by atoms with E-state index in [-0.39, 0.29) is 12.0 Å². The standard InChI is InChI=1S/C19H20ClNO2/c1-14(2)23-17-8-5-6-15(12-17)13-21-19(22)11-10-16-7-3-4-9-18(16)20/h3-12,14H,13H2,1-2H3,(H,21,22)/b11-10+. The number of hydrogen-bond donors (Lipinski definition) is 1. The van der Waals surface area contributed by atoms with Gasteiger partial charge in [0.05, 0.1) is 6.10 Å². The van der Waals surface area contributed by atoms with Crippen molar-refractivity contribution in [2.45, 2.75) is 26.5 Å². The highest BCUT2D eigenvalue weighted by Crippen LogP contribution is 2.16. The molecule has 0 aliphatic heterocycles. The molecule has 0 unspecified atom stereocenters. The second kappa shape index (κ2) is 8.39. The number of rotatable bonds is 6. The van der Waals surface area contributed by atoms with Gasteiger partial charge in [0, 0.05) is 17.6 Å². The van der Waals surface area contributed by atoms with Gasteiger partial charge < -0.3 is 10.1 Å². The fourth-order valence-electron chi connectivity index (χ4n) is 2.02. The fourth-order valence-corrected chi connectivity index (χ4v) is 2.22. The molecule has 0 saturated heterocycles. The minimum absolute atomic E-state index is 0.124. The SMILES string of the molecule is CC(C)Oc1cccc(CNC(=O)/C=C/c2ccccc2Cl)c1. The number of ether oxygens (including phenoxy) is 1. The number of benzene rings is 2. The molecule has 0 aliphatic carbocycles. The quantitative estimate of drug-likeness (QED) is 0.795. The third kappa shape index (κ3) is 5.80. The average Bonchev–Trinajstić information content (AvgIpc) is 2.52. The Hall–Kier alpha value is -2.26. The lowest BCUT2D eigenvalue weighted by Crippen LogP contribution is -2.20. The third-order valence-corrected chi connectivity index (χ3v) is 3.40. The van der Waals surface area contributed by atoms with Crippen molar-refractivity contribution in [3.05, 3.63) is 70.8 Å². The summed E-state index contributed by atoms with van der Waals surface area (Å²) in [4.78, 5) is 11.9. The Labute approximate surface area is 141 Å². The maximum Gasteiger partial charge on any atom is 0.244 e. The molecule has 1 amide bonds. The molecule has 0 radical (unpaired) electrons. The first-order valence-electron chi connectivity index (χ1n) is 7.50. The van der Waals surface area contributed by atoms with Crippen LogP contribution in [0.1, 0.15) is 25.0 Å².